The minimum absolute atomic E-state index is 0.0924. The van der Waals surface area contributed by atoms with Gasteiger partial charge in [-0.25, -0.2) is 0 Å². The molecular formula is C26H30O16. The van der Waals surface area contributed by atoms with Gasteiger partial charge in [0.1, 0.15) is 65.0 Å². The molecule has 16 nitrogen and oxygen atoms in total. The fourth-order valence-corrected chi connectivity index (χ4v) is 4.86. The van der Waals surface area contributed by atoms with Gasteiger partial charge in [0.2, 0.25) is 17.5 Å². The summed E-state index contributed by atoms with van der Waals surface area (Å²) in [4.78, 5) is 13.7. The predicted octanol–water partition coefficient (Wildman–Crippen LogP) is -1.98. The molecule has 2 saturated heterocycles. The highest BCUT2D eigenvalue weighted by atomic mass is 16.7. The predicted molar refractivity (Wildman–Crippen MR) is 137 cm³/mol. The number of rotatable bonds is 7. The standard InChI is InChI=1S/C26H30O16/c1-36-11-4-3-8(27)14-18(32)15-12(5-9(28)22(37-2)24(15)42-23(11)14)40-26-21(35)19(33)17(31)13(41-26)7-39-25-20(34)16(30)10(29)6-38-25/h3-5,10,13,16-17,19-21,25-31,33-35H,6-7H2,1-2H3/t10-,13+,16+,17+,19+,20-,21+,25-,26+/m1/s1. The van der Waals surface area contributed by atoms with Gasteiger partial charge in [-0.2, -0.15) is 0 Å². The van der Waals surface area contributed by atoms with E-state index in [1.807, 2.05) is 0 Å². The third-order valence-corrected chi connectivity index (χ3v) is 7.15. The molecule has 0 saturated carbocycles. The number of aliphatic hydroxyl groups excluding tert-OH is 6. The molecule has 2 aliphatic rings. The lowest BCUT2D eigenvalue weighted by Crippen LogP contribution is -2.61. The van der Waals surface area contributed by atoms with Crippen molar-refractivity contribution >= 4 is 21.9 Å². The zero-order chi connectivity index (χ0) is 30.5. The van der Waals surface area contributed by atoms with Crippen LogP contribution in [-0.2, 0) is 14.2 Å². The Morgan fingerprint density at radius 2 is 1.52 bits per heavy atom. The van der Waals surface area contributed by atoms with Crippen LogP contribution < -0.4 is 19.6 Å². The molecule has 2 aliphatic heterocycles. The van der Waals surface area contributed by atoms with E-state index in [2.05, 4.69) is 0 Å². The first-order chi connectivity index (χ1) is 20.0. The monoisotopic (exact) mass is 598 g/mol. The van der Waals surface area contributed by atoms with Crippen LogP contribution in [0.5, 0.6) is 28.7 Å². The second-order valence-corrected chi connectivity index (χ2v) is 9.77. The number of aliphatic hydroxyl groups is 6. The Labute approximate surface area is 236 Å². The van der Waals surface area contributed by atoms with Crippen molar-refractivity contribution < 1.29 is 73.7 Å². The fraction of sp³-hybridized carbons (Fsp3) is 0.500. The largest absolute Gasteiger partial charge is 0.507 e. The van der Waals surface area contributed by atoms with Crippen molar-refractivity contribution in [1.29, 1.82) is 0 Å². The van der Waals surface area contributed by atoms with Crippen LogP contribution >= 0.6 is 0 Å². The van der Waals surface area contributed by atoms with Crippen molar-refractivity contribution in [3.05, 3.63) is 28.4 Å². The summed E-state index contributed by atoms with van der Waals surface area (Å²) in [6.45, 7) is -0.902. The number of hydrogen-bond acceptors (Lipinski definition) is 16. The van der Waals surface area contributed by atoms with Crippen LogP contribution in [0.15, 0.2) is 27.4 Å². The highest BCUT2D eigenvalue weighted by molar-refractivity contribution is 6.01. The average molecular weight is 599 g/mol. The van der Waals surface area contributed by atoms with E-state index in [0.717, 1.165) is 6.07 Å². The molecule has 8 N–H and O–H groups in total. The zero-order valence-electron chi connectivity index (χ0n) is 22.2. The number of phenolic OH excluding ortho intramolecular Hbond substituents is 2. The van der Waals surface area contributed by atoms with Gasteiger partial charge >= 0.3 is 0 Å². The van der Waals surface area contributed by atoms with Gasteiger partial charge in [-0.3, -0.25) is 4.79 Å². The van der Waals surface area contributed by atoms with E-state index >= 15 is 0 Å². The maximum absolute atomic E-state index is 13.7. The molecule has 1 aromatic heterocycles. The van der Waals surface area contributed by atoms with Gasteiger partial charge in [-0.1, -0.05) is 0 Å². The van der Waals surface area contributed by atoms with Crippen molar-refractivity contribution in [2.75, 3.05) is 27.4 Å². The SMILES string of the molecule is COc1ccc(O)c2c(=O)c3c(O[C@H]4O[C@@H](CO[C@H]5OC[C@@H](O)[C@H](O)[C@H]5O)[C@H](O)[C@H](O)[C@@H]4O)cc(O)c(OC)c3oc12. The van der Waals surface area contributed by atoms with Crippen molar-refractivity contribution in [3.63, 3.8) is 0 Å². The second kappa shape index (κ2) is 11.7. The maximum Gasteiger partial charge on any atom is 0.229 e. The first-order valence-corrected chi connectivity index (χ1v) is 12.7. The molecule has 42 heavy (non-hydrogen) atoms. The van der Waals surface area contributed by atoms with Crippen LogP contribution in [0.3, 0.4) is 0 Å². The first-order valence-electron chi connectivity index (χ1n) is 12.7. The number of benzene rings is 2. The minimum atomic E-state index is -1.88. The van der Waals surface area contributed by atoms with Crippen LogP contribution in [0, 0.1) is 0 Å². The molecular weight excluding hydrogens is 568 g/mol. The molecule has 0 radical (unpaired) electrons. The Bertz CT molecular complexity index is 1510. The van der Waals surface area contributed by atoms with Crippen LogP contribution in [0.25, 0.3) is 21.9 Å². The summed E-state index contributed by atoms with van der Waals surface area (Å²) < 4.78 is 38.2. The van der Waals surface area contributed by atoms with Crippen molar-refractivity contribution in [2.24, 2.45) is 0 Å². The number of hydrogen-bond donors (Lipinski definition) is 8. The van der Waals surface area contributed by atoms with E-state index in [-0.39, 0.29) is 40.0 Å². The van der Waals surface area contributed by atoms with E-state index in [1.165, 1.54) is 26.4 Å². The zero-order valence-corrected chi connectivity index (χ0v) is 22.2. The van der Waals surface area contributed by atoms with Gasteiger partial charge in [-0.05, 0) is 12.1 Å². The maximum atomic E-state index is 13.7. The summed E-state index contributed by atoms with van der Waals surface area (Å²) >= 11 is 0. The van der Waals surface area contributed by atoms with Crippen LogP contribution in [0.4, 0.5) is 0 Å². The fourth-order valence-electron chi connectivity index (χ4n) is 4.86. The quantitative estimate of drug-likeness (QED) is 0.137. The van der Waals surface area contributed by atoms with Gasteiger partial charge in [0.15, 0.2) is 29.0 Å². The molecule has 5 rings (SSSR count). The molecule has 230 valence electrons. The molecule has 16 heteroatoms. The van der Waals surface area contributed by atoms with Crippen LogP contribution in [0.2, 0.25) is 0 Å². The van der Waals surface area contributed by atoms with Crippen molar-refractivity contribution in [2.45, 2.75) is 55.3 Å². The second-order valence-electron chi connectivity index (χ2n) is 9.77. The lowest BCUT2D eigenvalue weighted by atomic mass is 9.99. The van der Waals surface area contributed by atoms with E-state index < -0.39 is 84.6 Å². The topological polar surface area (TPSA) is 247 Å². The first kappa shape index (κ1) is 30.0. The molecule has 3 heterocycles. The summed E-state index contributed by atoms with van der Waals surface area (Å²) in [5, 5.41) is 81.6. The molecule has 0 amide bonds. The summed E-state index contributed by atoms with van der Waals surface area (Å²) in [6, 6.07) is 3.55. The number of phenols is 2. The molecule has 0 bridgehead atoms. The Balaban J connectivity index is 1.50. The average Bonchev–Trinajstić information content (AvgIpc) is 2.96. The van der Waals surface area contributed by atoms with Crippen LogP contribution in [0.1, 0.15) is 0 Å². The van der Waals surface area contributed by atoms with Gasteiger partial charge < -0.3 is 73.7 Å². The number of ether oxygens (including phenoxy) is 6. The summed E-state index contributed by atoms with van der Waals surface area (Å²) in [5.74, 6) is -1.57. The third-order valence-electron chi connectivity index (χ3n) is 7.15. The Kier molecular flexibility index (Phi) is 8.35. The molecule has 0 unspecified atom stereocenters. The Hall–Kier alpha value is -3.45. The van der Waals surface area contributed by atoms with E-state index in [4.69, 9.17) is 32.8 Å². The van der Waals surface area contributed by atoms with Gasteiger partial charge in [0.05, 0.1) is 27.4 Å². The lowest BCUT2D eigenvalue weighted by Gasteiger charge is -2.41. The summed E-state index contributed by atoms with van der Waals surface area (Å²) in [6.07, 6.45) is -14.6. The van der Waals surface area contributed by atoms with Gasteiger partial charge in [0, 0.05) is 6.07 Å². The van der Waals surface area contributed by atoms with Crippen molar-refractivity contribution in [3.8, 4) is 28.7 Å². The molecule has 2 fully saturated rings. The third kappa shape index (κ3) is 5.06. The normalized spacial score (nSPS) is 31.8. The van der Waals surface area contributed by atoms with Crippen LogP contribution in [-0.4, -0.2) is 124 Å². The smallest absolute Gasteiger partial charge is 0.229 e. The molecule has 3 aromatic rings. The number of methoxy groups -OCH3 is 2. The highest BCUT2D eigenvalue weighted by Gasteiger charge is 2.47. The van der Waals surface area contributed by atoms with E-state index in [1.54, 1.807) is 0 Å². The molecule has 9 atom stereocenters. The minimum Gasteiger partial charge on any atom is -0.507 e. The number of aromatic hydroxyl groups is 2. The lowest BCUT2D eigenvalue weighted by molar-refractivity contribution is -0.307. The van der Waals surface area contributed by atoms with E-state index in [0.29, 0.717) is 0 Å². The summed E-state index contributed by atoms with van der Waals surface area (Å²) in [5.41, 5.74) is -1.28. The van der Waals surface area contributed by atoms with Gasteiger partial charge in [0.25, 0.3) is 0 Å². The Morgan fingerprint density at radius 3 is 2.21 bits per heavy atom. The molecule has 0 aliphatic carbocycles. The highest BCUT2D eigenvalue weighted by Crippen LogP contribution is 2.43. The molecule has 2 aromatic carbocycles. The number of fused-ring (bicyclic) bond motifs is 2. The van der Waals surface area contributed by atoms with E-state index in [9.17, 15) is 45.6 Å². The molecule has 0 spiro atoms. The Morgan fingerprint density at radius 1 is 0.810 bits per heavy atom. The summed E-state index contributed by atoms with van der Waals surface area (Å²) in [7, 11) is 2.53. The van der Waals surface area contributed by atoms with Crippen molar-refractivity contribution in [1.82, 2.24) is 0 Å². The van der Waals surface area contributed by atoms with Gasteiger partial charge in [-0.15, -0.1) is 0 Å².